The molecule has 0 aliphatic heterocycles. The molecule has 0 spiro atoms. The van der Waals surface area contributed by atoms with E-state index in [9.17, 15) is 13.2 Å². The molecule has 7 heteroatoms. The zero-order chi connectivity index (χ0) is 18.8. The molecule has 0 atom stereocenters. The van der Waals surface area contributed by atoms with Gasteiger partial charge in [-0.1, -0.05) is 23.7 Å². The second-order valence-electron chi connectivity index (χ2n) is 6.06. The number of halogens is 1. The Labute approximate surface area is 153 Å². The topological polar surface area (TPSA) is 66.5 Å². The third kappa shape index (κ3) is 4.39. The third-order valence-electron chi connectivity index (χ3n) is 3.95. The normalized spacial score (nSPS) is 11.8. The van der Waals surface area contributed by atoms with Gasteiger partial charge in [-0.15, -0.1) is 0 Å². The second-order valence-corrected chi connectivity index (χ2v) is 8.49. The number of carbonyl (C=O) groups excluding carboxylic acids is 1. The number of rotatable bonds is 5. The van der Waals surface area contributed by atoms with Crippen LogP contribution >= 0.6 is 11.6 Å². The van der Waals surface area contributed by atoms with Gasteiger partial charge in [0.05, 0.1) is 4.90 Å². The van der Waals surface area contributed by atoms with Gasteiger partial charge in [0.2, 0.25) is 10.0 Å². The highest BCUT2D eigenvalue weighted by molar-refractivity contribution is 7.89. The van der Waals surface area contributed by atoms with Gasteiger partial charge >= 0.3 is 0 Å². The van der Waals surface area contributed by atoms with Gasteiger partial charge in [0.1, 0.15) is 0 Å². The van der Waals surface area contributed by atoms with Crippen LogP contribution in [0.15, 0.2) is 47.4 Å². The van der Waals surface area contributed by atoms with Crippen LogP contribution in [-0.4, -0.2) is 31.7 Å². The first-order valence-electron chi connectivity index (χ1n) is 7.78. The Kier molecular flexibility index (Phi) is 5.87. The smallest absolute Gasteiger partial charge is 0.255 e. The summed E-state index contributed by atoms with van der Waals surface area (Å²) in [7, 11) is -2.13. The Morgan fingerprint density at radius 3 is 2.48 bits per heavy atom. The summed E-state index contributed by atoms with van der Waals surface area (Å²) >= 11 is 5.96. The van der Waals surface area contributed by atoms with E-state index in [1.807, 2.05) is 6.92 Å². The van der Waals surface area contributed by atoms with E-state index < -0.39 is 15.9 Å². The lowest BCUT2D eigenvalue weighted by Crippen LogP contribution is -2.33. The molecule has 1 N–H and O–H groups in total. The largest absolute Gasteiger partial charge is 0.322 e. The number of nitrogens with zero attached hydrogens (tertiary/aromatic N) is 1. The van der Waals surface area contributed by atoms with Crippen LogP contribution in [0.5, 0.6) is 0 Å². The van der Waals surface area contributed by atoms with Gasteiger partial charge in [-0.3, -0.25) is 4.79 Å². The average Bonchev–Trinajstić information content (AvgIpc) is 2.57. The molecular weight excluding hydrogens is 360 g/mol. The van der Waals surface area contributed by atoms with Crippen LogP contribution in [0.4, 0.5) is 5.69 Å². The molecule has 0 bridgehead atoms. The van der Waals surface area contributed by atoms with Crippen LogP contribution in [0.2, 0.25) is 5.02 Å². The maximum atomic E-state index is 12.6. The van der Waals surface area contributed by atoms with Gasteiger partial charge in [-0.05, 0) is 56.7 Å². The Morgan fingerprint density at radius 1 is 1.16 bits per heavy atom. The zero-order valence-electron chi connectivity index (χ0n) is 14.6. The summed E-state index contributed by atoms with van der Waals surface area (Å²) < 4.78 is 26.4. The van der Waals surface area contributed by atoms with Crippen molar-refractivity contribution in [3.05, 3.63) is 58.6 Å². The molecule has 0 saturated heterocycles. The molecule has 2 rings (SSSR count). The van der Waals surface area contributed by atoms with Crippen LogP contribution < -0.4 is 5.32 Å². The summed E-state index contributed by atoms with van der Waals surface area (Å²) in [5.41, 5.74) is 1.71. The Morgan fingerprint density at radius 2 is 1.84 bits per heavy atom. The molecule has 0 unspecified atom stereocenters. The van der Waals surface area contributed by atoms with Crippen molar-refractivity contribution in [2.24, 2.45) is 0 Å². The maximum absolute atomic E-state index is 12.6. The van der Waals surface area contributed by atoms with Gasteiger partial charge < -0.3 is 5.32 Å². The number of hydrogen-bond donors (Lipinski definition) is 1. The fourth-order valence-corrected chi connectivity index (χ4v) is 3.75. The first-order chi connectivity index (χ1) is 11.6. The molecule has 0 aliphatic rings. The summed E-state index contributed by atoms with van der Waals surface area (Å²) in [6.07, 6.45) is 0. The quantitative estimate of drug-likeness (QED) is 0.854. The number of sulfonamides is 1. The Bertz CT molecular complexity index is 895. The highest BCUT2D eigenvalue weighted by atomic mass is 35.5. The van der Waals surface area contributed by atoms with E-state index in [1.165, 1.54) is 23.5 Å². The lowest BCUT2D eigenvalue weighted by Gasteiger charge is -2.21. The SMILES string of the molecule is Cc1ccc(Cl)cc1NC(=O)c1cccc(S(=O)(=O)N(C)C(C)C)c1. The predicted molar refractivity (Wildman–Crippen MR) is 101 cm³/mol. The molecule has 0 aliphatic carbocycles. The van der Waals surface area contributed by atoms with Crippen molar-refractivity contribution in [2.45, 2.75) is 31.7 Å². The van der Waals surface area contributed by atoms with Crippen molar-refractivity contribution in [3.8, 4) is 0 Å². The van der Waals surface area contributed by atoms with Crippen LogP contribution in [0.25, 0.3) is 0 Å². The van der Waals surface area contributed by atoms with Crippen molar-refractivity contribution in [1.29, 1.82) is 0 Å². The number of aryl methyl sites for hydroxylation is 1. The highest BCUT2D eigenvalue weighted by Gasteiger charge is 2.24. The Hall–Kier alpha value is -1.89. The lowest BCUT2D eigenvalue weighted by molar-refractivity contribution is 0.102. The minimum absolute atomic E-state index is 0.0826. The Balaban J connectivity index is 2.32. The van der Waals surface area contributed by atoms with Crippen LogP contribution in [0, 0.1) is 6.92 Å². The lowest BCUT2D eigenvalue weighted by atomic mass is 10.1. The highest BCUT2D eigenvalue weighted by Crippen LogP contribution is 2.22. The number of amides is 1. The monoisotopic (exact) mass is 380 g/mol. The molecule has 0 radical (unpaired) electrons. The second kappa shape index (κ2) is 7.56. The zero-order valence-corrected chi connectivity index (χ0v) is 16.1. The minimum Gasteiger partial charge on any atom is -0.322 e. The van der Waals surface area contributed by atoms with E-state index in [0.29, 0.717) is 10.7 Å². The predicted octanol–water partition coefficient (Wildman–Crippen LogP) is 3.93. The fourth-order valence-electron chi connectivity index (χ4n) is 2.16. The summed E-state index contributed by atoms with van der Waals surface area (Å²) in [5, 5.41) is 3.28. The van der Waals surface area contributed by atoms with Crippen molar-refractivity contribution in [3.63, 3.8) is 0 Å². The van der Waals surface area contributed by atoms with E-state index in [-0.39, 0.29) is 16.5 Å². The average molecular weight is 381 g/mol. The first kappa shape index (κ1) is 19.4. The van der Waals surface area contributed by atoms with Crippen LogP contribution in [-0.2, 0) is 10.0 Å². The number of hydrogen-bond acceptors (Lipinski definition) is 3. The van der Waals surface area contributed by atoms with Crippen molar-refractivity contribution >= 4 is 33.2 Å². The molecule has 2 aromatic rings. The molecule has 0 heterocycles. The van der Waals surface area contributed by atoms with Gasteiger partial charge in [-0.2, -0.15) is 4.31 Å². The molecule has 0 aromatic heterocycles. The van der Waals surface area contributed by atoms with Crippen molar-refractivity contribution in [1.82, 2.24) is 4.31 Å². The molecular formula is C18H21ClN2O3S. The van der Waals surface area contributed by atoms with Gasteiger partial charge in [0.25, 0.3) is 5.91 Å². The number of carbonyl (C=O) groups is 1. The minimum atomic E-state index is -3.65. The summed E-state index contributed by atoms with van der Waals surface area (Å²) in [4.78, 5) is 12.6. The summed E-state index contributed by atoms with van der Waals surface area (Å²) in [6.45, 7) is 5.43. The van der Waals surface area contributed by atoms with Gasteiger partial charge in [0, 0.05) is 29.4 Å². The van der Waals surface area contributed by atoms with E-state index in [0.717, 1.165) is 5.56 Å². The molecule has 25 heavy (non-hydrogen) atoms. The third-order valence-corrected chi connectivity index (χ3v) is 6.21. The number of anilines is 1. The molecule has 5 nitrogen and oxygen atoms in total. The van der Waals surface area contributed by atoms with Crippen LogP contribution in [0.3, 0.4) is 0 Å². The first-order valence-corrected chi connectivity index (χ1v) is 9.60. The van der Waals surface area contributed by atoms with Crippen molar-refractivity contribution < 1.29 is 13.2 Å². The molecule has 134 valence electrons. The summed E-state index contributed by atoms with van der Waals surface area (Å²) in [6, 6.07) is 11.0. The maximum Gasteiger partial charge on any atom is 0.255 e. The fraction of sp³-hybridized carbons (Fsp3) is 0.278. The molecule has 0 saturated carbocycles. The van der Waals surface area contributed by atoms with Crippen LogP contribution in [0.1, 0.15) is 29.8 Å². The van der Waals surface area contributed by atoms with E-state index >= 15 is 0 Å². The van der Waals surface area contributed by atoms with E-state index in [2.05, 4.69) is 5.32 Å². The van der Waals surface area contributed by atoms with E-state index in [1.54, 1.807) is 44.2 Å². The van der Waals surface area contributed by atoms with Crippen molar-refractivity contribution in [2.75, 3.05) is 12.4 Å². The molecule has 0 fully saturated rings. The van der Waals surface area contributed by atoms with Gasteiger partial charge in [-0.25, -0.2) is 8.42 Å². The molecule has 2 aromatic carbocycles. The standard InChI is InChI=1S/C18H21ClN2O3S/c1-12(2)21(4)25(23,24)16-7-5-6-14(10-16)18(22)20-17-11-15(19)9-8-13(17)3/h5-12H,1-4H3,(H,20,22). The number of nitrogens with one attached hydrogen (secondary N) is 1. The van der Waals surface area contributed by atoms with E-state index in [4.69, 9.17) is 11.6 Å². The number of benzene rings is 2. The molecule has 1 amide bonds. The van der Waals surface area contributed by atoms with Gasteiger partial charge in [0.15, 0.2) is 0 Å². The summed E-state index contributed by atoms with van der Waals surface area (Å²) in [5.74, 6) is -0.394.